The lowest BCUT2D eigenvalue weighted by Crippen LogP contribution is -2.44. The minimum absolute atomic E-state index is 0.167. The molecule has 0 fully saturated rings. The predicted octanol–water partition coefficient (Wildman–Crippen LogP) is 2.44. The first-order chi connectivity index (χ1) is 11.3. The molecule has 0 aliphatic rings. The van der Waals surface area contributed by atoms with Crippen LogP contribution in [0.25, 0.3) is 0 Å². The number of aliphatic imine (C=N–C) groups is 1. The molecule has 0 radical (unpaired) electrons. The van der Waals surface area contributed by atoms with E-state index in [9.17, 15) is 0 Å². The Kier molecular flexibility index (Phi) is 8.25. The molecule has 2 N–H and O–H groups in total. The molecule has 138 valence electrons. The Balaban J connectivity index is 2.77. The molecule has 1 rings (SSSR count). The second kappa shape index (κ2) is 9.67. The Hall–Kier alpha value is -1.56. The van der Waals surface area contributed by atoms with Gasteiger partial charge >= 0.3 is 0 Å². The summed E-state index contributed by atoms with van der Waals surface area (Å²) in [6.07, 6.45) is 1.71. The van der Waals surface area contributed by atoms with E-state index >= 15 is 0 Å². The Labute approximate surface area is 147 Å². The van der Waals surface area contributed by atoms with Gasteiger partial charge in [-0.2, -0.15) is 0 Å². The van der Waals surface area contributed by atoms with Crippen LogP contribution in [0.3, 0.4) is 0 Å². The molecule has 0 aromatic carbocycles. The number of hydrogen-bond acceptors (Lipinski definition) is 4. The maximum atomic E-state index is 5.42. The third-order valence-corrected chi connectivity index (χ3v) is 3.83. The highest BCUT2D eigenvalue weighted by Crippen LogP contribution is 2.17. The summed E-state index contributed by atoms with van der Waals surface area (Å²) in [7, 11) is 4.21. The van der Waals surface area contributed by atoms with Crippen molar-refractivity contribution in [1.82, 2.24) is 20.7 Å². The van der Waals surface area contributed by atoms with Crippen LogP contribution in [0.1, 0.15) is 51.6 Å². The van der Waals surface area contributed by atoms with Crippen LogP contribution >= 0.6 is 0 Å². The number of hydrogen-bond donors (Lipinski definition) is 2. The molecular weight excluding hydrogens is 302 g/mol. The Bertz CT molecular complexity index is 498. The van der Waals surface area contributed by atoms with Crippen molar-refractivity contribution in [3.63, 3.8) is 0 Å². The zero-order chi connectivity index (χ0) is 18.2. The number of rotatable bonds is 9. The van der Waals surface area contributed by atoms with Crippen LogP contribution in [-0.4, -0.2) is 49.7 Å². The largest absolute Gasteiger partial charge is 0.361 e. The first-order valence-corrected chi connectivity index (χ1v) is 8.96. The molecule has 0 saturated carbocycles. The summed E-state index contributed by atoms with van der Waals surface area (Å²) in [5, 5.41) is 10.9. The van der Waals surface area contributed by atoms with E-state index in [0.29, 0.717) is 6.54 Å². The van der Waals surface area contributed by atoms with Crippen molar-refractivity contribution in [3.8, 4) is 0 Å². The highest BCUT2D eigenvalue weighted by atomic mass is 16.5. The SMILES string of the molecule is CCNC(=NCc1c(CC)noc1CC)NCC(C)(C)CN(C)C. The third-order valence-electron chi connectivity index (χ3n) is 3.83. The fourth-order valence-corrected chi connectivity index (χ4v) is 2.85. The van der Waals surface area contributed by atoms with Crippen LogP contribution in [0, 0.1) is 5.41 Å². The minimum Gasteiger partial charge on any atom is -0.361 e. The van der Waals surface area contributed by atoms with Gasteiger partial charge in [0.25, 0.3) is 0 Å². The fourth-order valence-electron chi connectivity index (χ4n) is 2.85. The van der Waals surface area contributed by atoms with E-state index in [4.69, 9.17) is 9.52 Å². The van der Waals surface area contributed by atoms with Gasteiger partial charge in [-0.25, -0.2) is 4.99 Å². The smallest absolute Gasteiger partial charge is 0.191 e. The van der Waals surface area contributed by atoms with Gasteiger partial charge in [0.05, 0.1) is 12.2 Å². The highest BCUT2D eigenvalue weighted by molar-refractivity contribution is 5.79. The molecule has 0 aliphatic heterocycles. The number of guanidine groups is 1. The van der Waals surface area contributed by atoms with E-state index in [1.807, 2.05) is 0 Å². The summed E-state index contributed by atoms with van der Waals surface area (Å²) in [4.78, 5) is 6.95. The van der Waals surface area contributed by atoms with Crippen LogP contribution in [0.2, 0.25) is 0 Å². The quantitative estimate of drug-likeness (QED) is 0.535. The maximum Gasteiger partial charge on any atom is 0.191 e. The molecule has 0 unspecified atom stereocenters. The molecule has 0 amide bonds. The summed E-state index contributed by atoms with van der Waals surface area (Å²) < 4.78 is 5.42. The van der Waals surface area contributed by atoms with Gasteiger partial charge in [0, 0.05) is 31.6 Å². The average molecular weight is 338 g/mol. The number of aromatic nitrogens is 1. The van der Waals surface area contributed by atoms with Gasteiger partial charge in [0.15, 0.2) is 5.96 Å². The van der Waals surface area contributed by atoms with Crippen molar-refractivity contribution in [2.45, 2.75) is 54.0 Å². The number of aryl methyl sites for hydroxylation is 2. The highest BCUT2D eigenvalue weighted by Gasteiger charge is 2.19. The van der Waals surface area contributed by atoms with Crippen LogP contribution in [0.15, 0.2) is 9.52 Å². The monoisotopic (exact) mass is 337 g/mol. The van der Waals surface area contributed by atoms with E-state index < -0.39 is 0 Å². The number of nitrogens with zero attached hydrogens (tertiary/aromatic N) is 3. The van der Waals surface area contributed by atoms with Crippen LogP contribution in [0.5, 0.6) is 0 Å². The summed E-state index contributed by atoms with van der Waals surface area (Å²) in [5.74, 6) is 1.79. The van der Waals surface area contributed by atoms with E-state index in [2.05, 4.69) is 69.4 Å². The molecule has 0 saturated heterocycles. The topological polar surface area (TPSA) is 65.7 Å². The zero-order valence-corrected chi connectivity index (χ0v) is 16.5. The van der Waals surface area contributed by atoms with Gasteiger partial charge in [0.2, 0.25) is 0 Å². The molecule has 6 heteroatoms. The lowest BCUT2D eigenvalue weighted by atomic mass is 9.93. The first-order valence-electron chi connectivity index (χ1n) is 8.96. The minimum atomic E-state index is 0.167. The lowest BCUT2D eigenvalue weighted by Gasteiger charge is -2.29. The van der Waals surface area contributed by atoms with E-state index in [1.165, 1.54) is 0 Å². The van der Waals surface area contributed by atoms with Gasteiger partial charge in [-0.05, 0) is 32.9 Å². The maximum absolute atomic E-state index is 5.42. The van der Waals surface area contributed by atoms with Gasteiger partial charge in [-0.15, -0.1) is 0 Å². The summed E-state index contributed by atoms with van der Waals surface area (Å²) in [5.41, 5.74) is 2.31. The van der Waals surface area contributed by atoms with Crippen molar-refractivity contribution in [2.24, 2.45) is 10.4 Å². The van der Waals surface area contributed by atoms with Crippen molar-refractivity contribution in [2.75, 3.05) is 33.7 Å². The molecule has 1 aromatic heterocycles. The Morgan fingerprint density at radius 1 is 1.17 bits per heavy atom. The molecule has 24 heavy (non-hydrogen) atoms. The van der Waals surface area contributed by atoms with Crippen molar-refractivity contribution in [1.29, 1.82) is 0 Å². The molecule has 0 spiro atoms. The second-order valence-electron chi connectivity index (χ2n) is 7.19. The summed E-state index contributed by atoms with van der Waals surface area (Å²) >= 11 is 0. The molecule has 1 heterocycles. The average Bonchev–Trinajstić information content (AvgIpc) is 2.90. The Morgan fingerprint density at radius 2 is 1.88 bits per heavy atom. The molecule has 0 bridgehead atoms. The van der Waals surface area contributed by atoms with E-state index in [0.717, 1.165) is 55.5 Å². The van der Waals surface area contributed by atoms with Gasteiger partial charge in [0.1, 0.15) is 5.76 Å². The van der Waals surface area contributed by atoms with Crippen LogP contribution in [0.4, 0.5) is 0 Å². The normalized spacial score (nSPS) is 12.8. The summed E-state index contributed by atoms with van der Waals surface area (Å²) in [6, 6.07) is 0. The van der Waals surface area contributed by atoms with E-state index in [-0.39, 0.29) is 5.41 Å². The third kappa shape index (κ3) is 6.51. The van der Waals surface area contributed by atoms with Crippen LogP contribution in [-0.2, 0) is 19.4 Å². The molecule has 0 aliphatic carbocycles. The fraction of sp³-hybridized carbons (Fsp3) is 0.778. The summed E-state index contributed by atoms with van der Waals surface area (Å²) in [6.45, 7) is 14.1. The number of nitrogens with one attached hydrogen (secondary N) is 2. The van der Waals surface area contributed by atoms with Crippen molar-refractivity contribution in [3.05, 3.63) is 17.0 Å². The van der Waals surface area contributed by atoms with Crippen molar-refractivity contribution >= 4 is 5.96 Å². The molecular formula is C18H35N5O. The standard InChI is InChI=1S/C18H35N5O/c1-8-15-14(16(9-2)24-22-15)11-20-17(19-10-3)21-12-18(4,5)13-23(6)7/h8-13H2,1-7H3,(H2,19,20,21). The molecule has 1 aromatic rings. The van der Waals surface area contributed by atoms with Gasteiger partial charge < -0.3 is 20.1 Å². The predicted molar refractivity (Wildman–Crippen MR) is 100 cm³/mol. The zero-order valence-electron chi connectivity index (χ0n) is 16.5. The second-order valence-corrected chi connectivity index (χ2v) is 7.19. The molecule has 0 atom stereocenters. The van der Waals surface area contributed by atoms with Crippen LogP contribution < -0.4 is 10.6 Å². The van der Waals surface area contributed by atoms with E-state index in [1.54, 1.807) is 0 Å². The van der Waals surface area contributed by atoms with Crippen molar-refractivity contribution < 1.29 is 4.52 Å². The Morgan fingerprint density at radius 3 is 2.42 bits per heavy atom. The molecule has 6 nitrogen and oxygen atoms in total. The lowest BCUT2D eigenvalue weighted by molar-refractivity contribution is 0.241. The van der Waals surface area contributed by atoms with Gasteiger partial charge in [-0.1, -0.05) is 32.9 Å². The van der Waals surface area contributed by atoms with Gasteiger partial charge in [-0.3, -0.25) is 0 Å². The first kappa shape index (κ1) is 20.5.